The van der Waals surface area contributed by atoms with Gasteiger partial charge in [-0.3, -0.25) is 0 Å². The van der Waals surface area contributed by atoms with Crippen LogP contribution in [0.15, 0.2) is 200 Å². The molecule has 0 saturated carbocycles. The largest absolute Gasteiger partial charge is 0.311 e. The molecule has 1 heteroatoms. The maximum Gasteiger partial charge on any atom is 0.0462 e. The fourth-order valence-electron chi connectivity index (χ4n) is 9.38. The van der Waals surface area contributed by atoms with Crippen LogP contribution in [0.5, 0.6) is 0 Å². The molecule has 1 nitrogen and oxygen atoms in total. The lowest BCUT2D eigenvalue weighted by atomic mass is 9.78. The Hall–Kier alpha value is -6.96. The zero-order chi connectivity index (χ0) is 40.1. The van der Waals surface area contributed by atoms with Gasteiger partial charge in [-0.25, -0.2) is 0 Å². The van der Waals surface area contributed by atoms with Crippen molar-refractivity contribution in [1.82, 2.24) is 0 Å². The van der Waals surface area contributed by atoms with E-state index in [0.29, 0.717) is 0 Å². The monoisotopic (exact) mass is 757 g/mol. The zero-order valence-corrected chi connectivity index (χ0v) is 34.2. The van der Waals surface area contributed by atoms with Gasteiger partial charge < -0.3 is 4.90 Å². The Kier molecular flexibility index (Phi) is 8.91. The predicted molar refractivity (Wildman–Crippen MR) is 252 cm³/mol. The molecule has 0 radical (unpaired) electrons. The van der Waals surface area contributed by atoms with Crippen molar-refractivity contribution in [2.24, 2.45) is 0 Å². The van der Waals surface area contributed by atoms with Crippen LogP contribution in [0.2, 0.25) is 0 Å². The smallest absolute Gasteiger partial charge is 0.0462 e. The molecule has 284 valence electrons. The van der Waals surface area contributed by atoms with Gasteiger partial charge in [-0.05, 0) is 139 Å². The Morgan fingerprint density at radius 2 is 0.576 bits per heavy atom. The third-order valence-corrected chi connectivity index (χ3v) is 12.7. The summed E-state index contributed by atoms with van der Waals surface area (Å²) in [5.74, 6) is 0. The second-order valence-electron chi connectivity index (χ2n) is 17.0. The van der Waals surface area contributed by atoms with Crippen molar-refractivity contribution in [3.8, 4) is 33.4 Å². The van der Waals surface area contributed by atoms with Crippen LogP contribution in [0.3, 0.4) is 0 Å². The van der Waals surface area contributed by atoms with Crippen LogP contribution in [-0.4, -0.2) is 0 Å². The van der Waals surface area contributed by atoms with E-state index in [0.717, 1.165) is 17.1 Å². The molecule has 0 heterocycles. The molecule has 10 rings (SSSR count). The molecule has 8 aromatic carbocycles. The van der Waals surface area contributed by atoms with Crippen molar-refractivity contribution in [2.45, 2.75) is 38.5 Å². The molecule has 2 aliphatic carbocycles. The summed E-state index contributed by atoms with van der Waals surface area (Å²) in [5, 5.41) is 0. The summed E-state index contributed by atoms with van der Waals surface area (Å²) >= 11 is 0. The van der Waals surface area contributed by atoms with E-state index in [1.54, 1.807) is 0 Å². The van der Waals surface area contributed by atoms with E-state index in [-0.39, 0.29) is 10.8 Å². The molecule has 0 amide bonds. The summed E-state index contributed by atoms with van der Waals surface area (Å²) in [6.07, 6.45) is 4.74. The van der Waals surface area contributed by atoms with Crippen LogP contribution in [0, 0.1) is 0 Å². The fraction of sp³-hybridized carbons (Fsp3) is 0.103. The molecule has 8 aromatic rings. The minimum absolute atomic E-state index is 0.0838. The van der Waals surface area contributed by atoms with Gasteiger partial charge >= 0.3 is 0 Å². The van der Waals surface area contributed by atoms with E-state index in [9.17, 15) is 0 Å². The average molecular weight is 758 g/mol. The fourth-order valence-corrected chi connectivity index (χ4v) is 9.38. The van der Waals surface area contributed by atoms with Gasteiger partial charge in [-0.15, -0.1) is 0 Å². The lowest BCUT2D eigenvalue weighted by Gasteiger charge is -2.27. The van der Waals surface area contributed by atoms with Crippen LogP contribution >= 0.6 is 0 Å². The van der Waals surface area contributed by atoms with Gasteiger partial charge in [0.1, 0.15) is 0 Å². The Morgan fingerprint density at radius 3 is 0.932 bits per heavy atom. The molecule has 0 unspecified atom stereocenters. The number of fused-ring (bicyclic) bond motifs is 2. The second-order valence-corrected chi connectivity index (χ2v) is 17.0. The third-order valence-electron chi connectivity index (χ3n) is 12.7. The minimum Gasteiger partial charge on any atom is -0.311 e. The Balaban J connectivity index is 0.970. The summed E-state index contributed by atoms with van der Waals surface area (Å²) < 4.78 is 0. The van der Waals surface area contributed by atoms with E-state index >= 15 is 0 Å². The highest BCUT2D eigenvalue weighted by molar-refractivity contribution is 5.96. The zero-order valence-electron chi connectivity index (χ0n) is 34.2. The van der Waals surface area contributed by atoms with Crippen molar-refractivity contribution in [2.75, 3.05) is 4.90 Å². The van der Waals surface area contributed by atoms with Crippen LogP contribution in [-0.2, 0) is 10.8 Å². The molecule has 0 aliphatic heterocycles. The van der Waals surface area contributed by atoms with Gasteiger partial charge in [-0.2, -0.15) is 0 Å². The summed E-state index contributed by atoms with van der Waals surface area (Å²) in [5.41, 5.74) is 21.1. The van der Waals surface area contributed by atoms with Crippen LogP contribution in [0.1, 0.15) is 61.1 Å². The summed E-state index contributed by atoms with van der Waals surface area (Å²) in [6, 6.07) is 73.2. The number of hydrogen-bond donors (Lipinski definition) is 0. The number of allylic oxidation sites excluding steroid dienone is 2. The highest BCUT2D eigenvalue weighted by Crippen LogP contribution is 2.49. The molecule has 59 heavy (non-hydrogen) atoms. The summed E-state index contributed by atoms with van der Waals surface area (Å²) in [4.78, 5) is 2.37. The van der Waals surface area contributed by atoms with Crippen molar-refractivity contribution in [3.05, 3.63) is 234 Å². The molecule has 0 saturated heterocycles. The highest BCUT2D eigenvalue weighted by atomic mass is 15.1. The molecule has 0 bridgehead atoms. The van der Waals surface area contributed by atoms with E-state index in [2.05, 4.69) is 245 Å². The number of nitrogens with zero attached hydrogens (tertiary/aromatic N) is 1. The van der Waals surface area contributed by atoms with Crippen molar-refractivity contribution in [1.29, 1.82) is 0 Å². The van der Waals surface area contributed by atoms with Gasteiger partial charge in [0.15, 0.2) is 0 Å². The van der Waals surface area contributed by atoms with Gasteiger partial charge in [0, 0.05) is 27.9 Å². The lowest BCUT2D eigenvalue weighted by Crippen LogP contribution is -2.16. The normalized spacial score (nSPS) is 14.6. The van der Waals surface area contributed by atoms with E-state index in [4.69, 9.17) is 0 Å². The van der Waals surface area contributed by atoms with Gasteiger partial charge in [-0.1, -0.05) is 179 Å². The van der Waals surface area contributed by atoms with Gasteiger partial charge in [0.05, 0.1) is 0 Å². The number of benzene rings is 8. The number of rotatable bonds is 8. The van der Waals surface area contributed by atoms with Crippen molar-refractivity contribution in [3.63, 3.8) is 0 Å². The number of hydrogen-bond acceptors (Lipinski definition) is 1. The topological polar surface area (TPSA) is 3.24 Å². The van der Waals surface area contributed by atoms with Crippen LogP contribution in [0.25, 0.3) is 56.7 Å². The maximum atomic E-state index is 2.40. The average Bonchev–Trinajstić information content (AvgIpc) is 3.72. The van der Waals surface area contributed by atoms with E-state index < -0.39 is 0 Å². The Bertz CT molecular complexity index is 2700. The first-order chi connectivity index (χ1) is 28.7. The first kappa shape index (κ1) is 36.4. The summed E-state index contributed by atoms with van der Waals surface area (Å²) in [7, 11) is 0. The highest BCUT2D eigenvalue weighted by Gasteiger charge is 2.35. The first-order valence-corrected chi connectivity index (χ1v) is 20.7. The molecule has 0 spiro atoms. The van der Waals surface area contributed by atoms with Gasteiger partial charge in [0.25, 0.3) is 0 Å². The standard InChI is InChI=1S/C58H47N/c1-57(2)53(44-16-10-6-11-17-44)38-48-22-20-46(36-55(48)57)42-26-32-51(33-27-42)59(50-30-24-41(25-31-50)40-14-8-5-9-15-40)52-34-28-43(29-35-52)47-21-23-49-39-54(45-18-12-7-13-19-45)58(3,4)56(49)37-47/h5-39H,1-4H3. The second kappa shape index (κ2) is 14.5. The minimum atomic E-state index is -0.0838. The van der Waals surface area contributed by atoms with Crippen molar-refractivity contribution >= 4 is 40.4 Å². The van der Waals surface area contributed by atoms with Gasteiger partial charge in [0.2, 0.25) is 0 Å². The molecule has 0 N–H and O–H groups in total. The SMILES string of the molecule is CC1(C)C(c2ccccc2)=Cc2ccc(-c3ccc(N(c4ccc(-c5ccccc5)cc4)c4ccc(-c5ccc6c(c5)C(C)(C)C(c5ccccc5)=C6)cc4)cc3)cc21. The molecule has 0 fully saturated rings. The lowest BCUT2D eigenvalue weighted by molar-refractivity contribution is 0.704. The van der Waals surface area contributed by atoms with Crippen LogP contribution in [0.4, 0.5) is 17.1 Å². The molecule has 2 aliphatic rings. The molecular weight excluding hydrogens is 711 g/mol. The van der Waals surface area contributed by atoms with Crippen molar-refractivity contribution < 1.29 is 0 Å². The van der Waals surface area contributed by atoms with Crippen LogP contribution < -0.4 is 4.90 Å². The molecule has 0 atom stereocenters. The maximum absolute atomic E-state index is 2.40. The Labute approximate surface area is 349 Å². The third kappa shape index (κ3) is 6.54. The molecule has 0 aromatic heterocycles. The number of anilines is 3. The first-order valence-electron chi connectivity index (χ1n) is 20.7. The Morgan fingerprint density at radius 1 is 0.288 bits per heavy atom. The van der Waals surface area contributed by atoms with E-state index in [1.165, 1.54) is 77.9 Å². The van der Waals surface area contributed by atoms with E-state index in [1.807, 2.05) is 0 Å². The quantitative estimate of drug-likeness (QED) is 0.149. The summed E-state index contributed by atoms with van der Waals surface area (Å²) in [6.45, 7) is 9.39. The molecular formula is C58H47N. The predicted octanol–water partition coefficient (Wildman–Crippen LogP) is 15.8.